The number of anilines is 2. The number of aromatic amines is 1. The SMILES string of the molecule is CCCOc1ccc(C2C(C(=O)OCc3ccccc3)=C(C)Nc3nc(=S)[nH]c(N)c32)cc1OC. The second-order valence-electron chi connectivity index (χ2n) is 8.14. The largest absolute Gasteiger partial charge is 0.493 e. The van der Waals surface area contributed by atoms with Gasteiger partial charge in [0.15, 0.2) is 16.3 Å². The van der Waals surface area contributed by atoms with Gasteiger partial charge in [-0.25, -0.2) is 9.78 Å². The number of carbonyl (C=O) groups is 1. The van der Waals surface area contributed by atoms with Crippen molar-refractivity contribution in [3.8, 4) is 11.5 Å². The van der Waals surface area contributed by atoms with E-state index in [-0.39, 0.29) is 11.4 Å². The van der Waals surface area contributed by atoms with E-state index < -0.39 is 11.9 Å². The Morgan fingerprint density at radius 2 is 1.94 bits per heavy atom. The van der Waals surface area contributed by atoms with Crippen LogP contribution in [0.15, 0.2) is 59.8 Å². The van der Waals surface area contributed by atoms with E-state index in [4.69, 9.17) is 32.2 Å². The fourth-order valence-corrected chi connectivity index (χ4v) is 4.29. The maximum absolute atomic E-state index is 13.4. The van der Waals surface area contributed by atoms with Crippen LogP contribution in [0.5, 0.6) is 11.5 Å². The number of hydrogen-bond donors (Lipinski definition) is 3. The van der Waals surface area contributed by atoms with E-state index in [2.05, 4.69) is 15.3 Å². The maximum atomic E-state index is 13.4. The van der Waals surface area contributed by atoms with Gasteiger partial charge in [-0.1, -0.05) is 43.3 Å². The van der Waals surface area contributed by atoms with Gasteiger partial charge >= 0.3 is 5.97 Å². The van der Waals surface area contributed by atoms with Gasteiger partial charge in [0, 0.05) is 11.3 Å². The van der Waals surface area contributed by atoms with E-state index in [0.717, 1.165) is 17.5 Å². The Morgan fingerprint density at radius 3 is 2.66 bits per heavy atom. The van der Waals surface area contributed by atoms with Gasteiger partial charge in [0.1, 0.15) is 18.2 Å². The summed E-state index contributed by atoms with van der Waals surface area (Å²) in [6.07, 6.45) is 0.868. The Balaban J connectivity index is 1.79. The average Bonchev–Trinajstić information content (AvgIpc) is 2.85. The highest BCUT2D eigenvalue weighted by molar-refractivity contribution is 7.71. The lowest BCUT2D eigenvalue weighted by molar-refractivity contribution is -0.140. The molecule has 0 radical (unpaired) electrons. The number of esters is 1. The molecule has 0 aliphatic carbocycles. The predicted octanol–water partition coefficient (Wildman–Crippen LogP) is 5.09. The van der Waals surface area contributed by atoms with Crippen molar-refractivity contribution in [1.82, 2.24) is 9.97 Å². The van der Waals surface area contributed by atoms with Gasteiger partial charge in [-0.2, -0.15) is 0 Å². The number of rotatable bonds is 8. The zero-order valence-corrected chi connectivity index (χ0v) is 20.7. The second kappa shape index (κ2) is 10.6. The van der Waals surface area contributed by atoms with Crippen LogP contribution < -0.4 is 20.5 Å². The van der Waals surface area contributed by atoms with Crippen LogP contribution in [0.1, 0.15) is 42.9 Å². The summed E-state index contributed by atoms with van der Waals surface area (Å²) >= 11 is 5.22. The highest BCUT2D eigenvalue weighted by atomic mass is 32.1. The molecular formula is C26H28N4O4S. The third kappa shape index (κ3) is 5.14. The zero-order valence-electron chi connectivity index (χ0n) is 19.9. The number of nitrogens with two attached hydrogens (primary N) is 1. The van der Waals surface area contributed by atoms with E-state index in [9.17, 15) is 4.79 Å². The quantitative estimate of drug-likeness (QED) is 0.294. The fourth-order valence-electron chi connectivity index (χ4n) is 4.09. The number of methoxy groups -OCH3 is 1. The van der Waals surface area contributed by atoms with E-state index in [0.29, 0.717) is 46.6 Å². The molecule has 4 N–H and O–H groups in total. The minimum absolute atomic E-state index is 0.147. The number of benzene rings is 2. The molecule has 1 atom stereocenters. The molecule has 8 nitrogen and oxygen atoms in total. The van der Waals surface area contributed by atoms with Crippen molar-refractivity contribution in [2.75, 3.05) is 24.8 Å². The first-order valence-electron chi connectivity index (χ1n) is 11.3. The topological polar surface area (TPSA) is 111 Å². The molecule has 35 heavy (non-hydrogen) atoms. The van der Waals surface area contributed by atoms with Gasteiger partial charge in [0.2, 0.25) is 0 Å². The lowest BCUT2D eigenvalue weighted by Crippen LogP contribution is -2.26. The Labute approximate surface area is 209 Å². The molecule has 0 fully saturated rings. The summed E-state index contributed by atoms with van der Waals surface area (Å²) in [6.45, 7) is 4.56. The Bertz CT molecular complexity index is 1320. The first-order valence-corrected chi connectivity index (χ1v) is 11.7. The van der Waals surface area contributed by atoms with E-state index in [1.165, 1.54) is 0 Å². The molecule has 2 heterocycles. The smallest absolute Gasteiger partial charge is 0.337 e. The lowest BCUT2D eigenvalue weighted by Gasteiger charge is -2.30. The summed E-state index contributed by atoms with van der Waals surface area (Å²) in [5.41, 5.74) is 9.69. The third-order valence-electron chi connectivity index (χ3n) is 5.70. The summed E-state index contributed by atoms with van der Waals surface area (Å²) < 4.78 is 17.4. The third-order valence-corrected chi connectivity index (χ3v) is 5.90. The number of fused-ring (bicyclic) bond motifs is 1. The molecule has 4 rings (SSSR count). The number of nitrogens with one attached hydrogen (secondary N) is 2. The first kappa shape index (κ1) is 24.3. The van der Waals surface area contributed by atoms with Gasteiger partial charge in [-0.05, 0) is 48.8 Å². The van der Waals surface area contributed by atoms with Gasteiger partial charge in [0.05, 0.1) is 25.2 Å². The molecule has 3 aromatic rings. The van der Waals surface area contributed by atoms with Crippen molar-refractivity contribution in [2.24, 2.45) is 0 Å². The van der Waals surface area contributed by atoms with E-state index in [1.54, 1.807) is 7.11 Å². The van der Waals surface area contributed by atoms with Crippen molar-refractivity contribution in [2.45, 2.75) is 32.8 Å². The summed E-state index contributed by atoms with van der Waals surface area (Å²) in [4.78, 5) is 20.8. The molecule has 1 unspecified atom stereocenters. The van der Waals surface area contributed by atoms with Crippen LogP contribution in [0.2, 0.25) is 0 Å². The predicted molar refractivity (Wildman–Crippen MR) is 137 cm³/mol. The summed E-state index contributed by atoms with van der Waals surface area (Å²) in [5, 5.41) is 3.18. The Morgan fingerprint density at radius 1 is 1.17 bits per heavy atom. The first-order chi connectivity index (χ1) is 16.9. The molecule has 2 aromatic carbocycles. The van der Waals surface area contributed by atoms with Crippen molar-refractivity contribution >= 4 is 29.8 Å². The van der Waals surface area contributed by atoms with Crippen LogP contribution in [0, 0.1) is 4.77 Å². The van der Waals surface area contributed by atoms with Gasteiger partial charge in [0.25, 0.3) is 0 Å². The Kier molecular flexibility index (Phi) is 7.36. The monoisotopic (exact) mass is 492 g/mol. The molecule has 1 aliphatic rings. The van der Waals surface area contributed by atoms with Crippen LogP contribution in [0.4, 0.5) is 11.6 Å². The van der Waals surface area contributed by atoms with Crippen LogP contribution >= 0.6 is 12.2 Å². The maximum Gasteiger partial charge on any atom is 0.337 e. The lowest BCUT2D eigenvalue weighted by atomic mass is 9.81. The summed E-state index contributed by atoms with van der Waals surface area (Å²) in [6, 6.07) is 15.1. The number of hydrogen-bond acceptors (Lipinski definition) is 8. The number of carbonyl (C=O) groups excluding carboxylic acids is 1. The number of allylic oxidation sites excluding steroid dienone is 1. The number of ether oxygens (including phenoxy) is 3. The molecule has 1 aliphatic heterocycles. The van der Waals surface area contributed by atoms with Crippen molar-refractivity contribution in [1.29, 1.82) is 0 Å². The van der Waals surface area contributed by atoms with Gasteiger partial charge < -0.3 is 30.2 Å². The van der Waals surface area contributed by atoms with Crippen molar-refractivity contribution in [3.63, 3.8) is 0 Å². The highest BCUT2D eigenvalue weighted by Crippen LogP contribution is 2.45. The minimum Gasteiger partial charge on any atom is -0.493 e. The van der Waals surface area contributed by atoms with Crippen LogP contribution in [0.3, 0.4) is 0 Å². The normalized spacial score (nSPS) is 14.7. The molecule has 1 aromatic heterocycles. The minimum atomic E-state index is -0.567. The molecule has 9 heteroatoms. The van der Waals surface area contributed by atoms with Crippen LogP contribution in [0.25, 0.3) is 0 Å². The number of aromatic nitrogens is 2. The zero-order chi connectivity index (χ0) is 24.9. The van der Waals surface area contributed by atoms with Crippen LogP contribution in [-0.4, -0.2) is 29.7 Å². The molecular weight excluding hydrogens is 464 g/mol. The van der Waals surface area contributed by atoms with E-state index >= 15 is 0 Å². The number of nitrogens with zero attached hydrogens (tertiary/aromatic N) is 1. The second-order valence-corrected chi connectivity index (χ2v) is 8.52. The van der Waals surface area contributed by atoms with E-state index in [1.807, 2.05) is 62.4 Å². The summed E-state index contributed by atoms with van der Waals surface area (Å²) in [7, 11) is 1.58. The number of nitrogen functional groups attached to an aromatic ring is 1. The highest BCUT2D eigenvalue weighted by Gasteiger charge is 2.36. The van der Waals surface area contributed by atoms with Gasteiger partial charge in [-0.3, -0.25) is 0 Å². The summed E-state index contributed by atoms with van der Waals surface area (Å²) in [5.74, 6) is 0.979. The fraction of sp³-hybridized carbons (Fsp3) is 0.269. The van der Waals surface area contributed by atoms with Crippen molar-refractivity contribution in [3.05, 3.63) is 81.3 Å². The molecule has 0 bridgehead atoms. The average molecular weight is 493 g/mol. The number of H-pyrrole nitrogens is 1. The molecule has 182 valence electrons. The van der Waals surface area contributed by atoms with Gasteiger partial charge in [-0.15, -0.1) is 0 Å². The molecule has 0 amide bonds. The standard InChI is InChI=1S/C26H28N4O4S/c1-4-12-33-18-11-10-17(13-19(18)32-3)21-20(25(31)34-14-16-8-6-5-7-9-16)15(2)28-24-22(21)23(27)29-26(35)30-24/h5-11,13,21H,4,12,14H2,1-3H3,(H4,27,28,29,30,35). The molecule has 0 saturated carbocycles. The molecule has 0 spiro atoms. The van der Waals surface area contributed by atoms with Crippen LogP contribution in [-0.2, 0) is 16.1 Å². The molecule has 0 saturated heterocycles. The van der Waals surface area contributed by atoms with Crippen molar-refractivity contribution < 1.29 is 19.0 Å². The Hall–Kier alpha value is -3.85.